The van der Waals surface area contributed by atoms with Crippen molar-refractivity contribution in [2.45, 2.75) is 6.08 Å². The molecule has 0 saturated heterocycles. The van der Waals surface area contributed by atoms with Gasteiger partial charge in [-0.3, -0.25) is 0 Å². The lowest BCUT2D eigenvalue weighted by molar-refractivity contribution is 0.177. The summed E-state index contributed by atoms with van der Waals surface area (Å²) in [5.74, 6) is -0.261. The molecule has 0 amide bonds. The number of likely N-dealkylation sites (N-methyl/N-ethyl adjacent to an activating group) is 1. The molecule has 1 atom stereocenters. The molecule has 0 aliphatic rings. The zero-order valence-corrected chi connectivity index (χ0v) is 7.43. The third-order valence-electron chi connectivity index (χ3n) is 1.30. The fraction of sp³-hybridized carbons (Fsp3) is 0.333. The Bertz CT molecular complexity index is 437. The zero-order chi connectivity index (χ0) is 14.2. The number of aliphatic hydroxyl groups is 1. The fourth-order valence-electron chi connectivity index (χ4n) is 0.785. The molecule has 0 aromatic heterocycles. The van der Waals surface area contributed by atoms with Crippen LogP contribution in [0.2, 0.25) is 0 Å². The van der Waals surface area contributed by atoms with Crippen LogP contribution in [0.4, 0.5) is 0 Å². The first-order valence-corrected chi connectivity index (χ1v) is 3.27. The maximum absolute atomic E-state index is 9.87. The molecular weight excluding hydrogens is 190 g/mol. The maximum Gasteiger partial charge on any atom is 0.115 e. The van der Waals surface area contributed by atoms with Crippen LogP contribution in [-0.2, 0) is 0 Å². The third-order valence-corrected chi connectivity index (χ3v) is 1.30. The van der Waals surface area contributed by atoms with E-state index in [1.54, 1.807) is 5.32 Å². The molecule has 0 radical (unpaired) electrons. The van der Waals surface area contributed by atoms with Gasteiger partial charge in [-0.1, -0.05) is 12.1 Å². The Morgan fingerprint density at radius 1 is 1.77 bits per heavy atom. The number of aromatic hydroxyl groups is 1. The Labute approximate surface area is 92.2 Å². The van der Waals surface area contributed by atoms with Crippen molar-refractivity contribution in [3.05, 3.63) is 29.8 Å². The van der Waals surface area contributed by atoms with E-state index in [2.05, 4.69) is 0 Å². The summed E-state index contributed by atoms with van der Waals surface area (Å²) in [6.07, 6.45) is -2.86. The lowest BCUT2D eigenvalue weighted by Gasteiger charge is -2.09. The van der Waals surface area contributed by atoms with E-state index >= 15 is 0 Å². The van der Waals surface area contributed by atoms with Crippen LogP contribution >= 0.6 is 12.4 Å². The summed E-state index contributed by atoms with van der Waals surface area (Å²) in [5, 5.41) is 20.7. The first kappa shape index (κ1) is 5.20. The highest BCUT2D eigenvalue weighted by Gasteiger charge is 2.05. The molecule has 0 spiro atoms. The van der Waals surface area contributed by atoms with Crippen molar-refractivity contribution in [1.82, 2.24) is 5.32 Å². The number of rotatable bonds is 3. The van der Waals surface area contributed by atoms with Crippen LogP contribution < -0.4 is 5.32 Å². The lowest BCUT2D eigenvalue weighted by atomic mass is 10.1. The smallest absolute Gasteiger partial charge is 0.115 e. The normalized spacial score (nSPS) is 23.2. The van der Waals surface area contributed by atoms with Crippen LogP contribution in [0.1, 0.15) is 19.9 Å². The average Bonchev–Trinajstić information content (AvgIpc) is 2.13. The van der Waals surface area contributed by atoms with Crippen molar-refractivity contribution in [3.63, 3.8) is 0 Å². The minimum absolute atomic E-state index is 0. The number of phenolic OH excluding ortho intramolecular Hbond substituents is 1. The third kappa shape index (κ3) is 3.63. The lowest BCUT2D eigenvalue weighted by Crippen LogP contribution is -2.16. The van der Waals surface area contributed by atoms with Crippen molar-refractivity contribution < 1.29 is 18.4 Å². The zero-order valence-electron chi connectivity index (χ0n) is 12.6. The molecule has 4 heteroatoms. The summed E-state index contributed by atoms with van der Waals surface area (Å²) in [6, 6.07) is 4.81. The minimum Gasteiger partial charge on any atom is -0.508 e. The fourth-order valence-corrected chi connectivity index (χ4v) is 0.785. The predicted octanol–water partition coefficient (Wildman–Crippen LogP) is 1.07. The molecule has 0 aliphatic heterocycles. The standard InChI is InChI=1S/C9H13NO2.ClH/c1-10-6-9(12)7-3-2-4-8(11)5-7;/h2-5,9-12H,6H2,1H3;1H/t9-;/m0./s1/i1D3,6D2,9D;. The van der Waals surface area contributed by atoms with Crippen molar-refractivity contribution in [2.24, 2.45) is 0 Å². The number of hydrogen-bond acceptors (Lipinski definition) is 3. The van der Waals surface area contributed by atoms with Gasteiger partial charge in [0.15, 0.2) is 0 Å². The van der Waals surface area contributed by atoms with Gasteiger partial charge >= 0.3 is 0 Å². The van der Waals surface area contributed by atoms with Crippen LogP contribution in [0, 0.1) is 0 Å². The largest absolute Gasteiger partial charge is 0.508 e. The van der Waals surface area contributed by atoms with E-state index in [1.165, 1.54) is 18.2 Å². The first-order valence-electron chi connectivity index (χ1n) is 6.27. The van der Waals surface area contributed by atoms with E-state index in [-0.39, 0.29) is 23.7 Å². The van der Waals surface area contributed by atoms with Crippen molar-refractivity contribution >= 4 is 12.4 Å². The van der Waals surface area contributed by atoms with Crippen LogP contribution in [0.25, 0.3) is 0 Å². The number of phenols is 1. The SMILES string of the molecule is Cl.[2H]C([2H])([2H])NC([2H])([2H])[C@]([2H])(O)c1cccc(O)c1. The second kappa shape index (κ2) is 5.80. The summed E-state index contributed by atoms with van der Waals surface area (Å²) in [7, 11) is 0. The van der Waals surface area contributed by atoms with Crippen LogP contribution in [0.15, 0.2) is 24.3 Å². The number of benzene rings is 1. The van der Waals surface area contributed by atoms with Gasteiger partial charge in [-0.2, -0.15) is 0 Å². The second-order valence-corrected chi connectivity index (χ2v) is 2.15. The summed E-state index contributed by atoms with van der Waals surface area (Å²) in [6.45, 7) is -5.78. The summed E-state index contributed by atoms with van der Waals surface area (Å²) in [4.78, 5) is 0. The van der Waals surface area contributed by atoms with E-state index < -0.39 is 19.6 Å². The van der Waals surface area contributed by atoms with Gasteiger partial charge in [-0.05, 0) is 24.7 Å². The Morgan fingerprint density at radius 2 is 2.54 bits per heavy atom. The van der Waals surface area contributed by atoms with Crippen molar-refractivity contribution in [2.75, 3.05) is 13.5 Å². The van der Waals surface area contributed by atoms with E-state index in [4.69, 9.17) is 8.22 Å². The van der Waals surface area contributed by atoms with Gasteiger partial charge in [-0.25, -0.2) is 0 Å². The molecule has 0 bridgehead atoms. The highest BCUT2D eigenvalue weighted by Crippen LogP contribution is 2.17. The highest BCUT2D eigenvalue weighted by atomic mass is 35.5. The molecule has 74 valence electrons. The molecule has 0 unspecified atom stereocenters. The molecular formula is C9H14ClNO2. The Kier molecular flexibility index (Phi) is 2.32. The molecule has 3 nitrogen and oxygen atoms in total. The number of halogens is 1. The molecule has 1 rings (SSSR count). The quantitative estimate of drug-likeness (QED) is 0.698. The number of hydrogen-bond donors (Lipinski definition) is 3. The minimum atomic E-state index is -2.92. The molecule has 0 fully saturated rings. The first-order chi connectivity index (χ1) is 7.96. The van der Waals surface area contributed by atoms with Gasteiger partial charge in [0, 0.05) is 13.4 Å². The van der Waals surface area contributed by atoms with Gasteiger partial charge < -0.3 is 15.5 Å². The summed E-state index contributed by atoms with van der Waals surface area (Å²) >= 11 is 0. The number of nitrogens with one attached hydrogen (secondary N) is 1. The molecule has 0 aliphatic carbocycles. The Balaban J connectivity index is 0.00000324. The van der Waals surface area contributed by atoms with Crippen LogP contribution in [0.5, 0.6) is 5.75 Å². The monoisotopic (exact) mass is 209 g/mol. The predicted molar refractivity (Wildman–Crippen MR) is 54.2 cm³/mol. The van der Waals surface area contributed by atoms with Crippen molar-refractivity contribution in [3.8, 4) is 5.75 Å². The van der Waals surface area contributed by atoms with E-state index in [0.717, 1.165) is 6.07 Å². The van der Waals surface area contributed by atoms with Gasteiger partial charge in [0.1, 0.15) is 5.75 Å². The highest BCUT2D eigenvalue weighted by molar-refractivity contribution is 5.85. The van der Waals surface area contributed by atoms with Gasteiger partial charge in [0.25, 0.3) is 0 Å². The second-order valence-electron chi connectivity index (χ2n) is 2.15. The molecule has 1 aromatic carbocycles. The summed E-state index contributed by atoms with van der Waals surface area (Å²) in [5.41, 5.74) is -0.260. The molecule has 3 N–H and O–H groups in total. The molecule has 0 heterocycles. The molecule has 0 saturated carbocycles. The Morgan fingerprint density at radius 3 is 3.15 bits per heavy atom. The molecule has 13 heavy (non-hydrogen) atoms. The maximum atomic E-state index is 9.87. The molecule has 1 aromatic rings. The van der Waals surface area contributed by atoms with Crippen LogP contribution in [0.3, 0.4) is 0 Å². The van der Waals surface area contributed by atoms with Crippen LogP contribution in [-0.4, -0.2) is 23.7 Å². The van der Waals surface area contributed by atoms with Gasteiger partial charge in [-0.15, -0.1) is 12.4 Å². The Hall–Kier alpha value is -0.770. The van der Waals surface area contributed by atoms with E-state index in [1.807, 2.05) is 0 Å². The topological polar surface area (TPSA) is 52.5 Å². The van der Waals surface area contributed by atoms with E-state index in [9.17, 15) is 10.2 Å². The average molecular weight is 210 g/mol. The van der Waals surface area contributed by atoms with Gasteiger partial charge in [0.2, 0.25) is 0 Å². The van der Waals surface area contributed by atoms with Gasteiger partial charge in [0.05, 0.1) is 7.45 Å². The van der Waals surface area contributed by atoms with E-state index in [0.29, 0.717) is 0 Å². The summed E-state index contributed by atoms with van der Waals surface area (Å²) < 4.78 is 43.3. The van der Waals surface area contributed by atoms with Crippen molar-refractivity contribution in [1.29, 1.82) is 0 Å².